The molecule has 0 aliphatic heterocycles. The minimum atomic E-state index is -1.66. The smallest absolute Gasteiger partial charge is 0.195 e. The number of rotatable bonds is 4. The zero-order valence-corrected chi connectivity index (χ0v) is 12.1. The summed E-state index contributed by atoms with van der Waals surface area (Å²) < 4.78 is 41.2. The highest BCUT2D eigenvalue weighted by Crippen LogP contribution is 2.23. The molecule has 0 aliphatic carbocycles. The average molecular weight is 317 g/mol. The Hall–Kier alpha value is -1.82. The molecular weight excluding hydrogens is 305 g/mol. The molecule has 0 radical (unpaired) electrons. The van der Waals surface area contributed by atoms with Crippen molar-refractivity contribution in [3.63, 3.8) is 0 Å². The third-order valence-corrected chi connectivity index (χ3v) is 3.61. The Morgan fingerprint density at radius 3 is 2.57 bits per heavy atom. The quantitative estimate of drug-likeness (QED) is 0.636. The van der Waals surface area contributed by atoms with Crippen molar-refractivity contribution in [1.82, 2.24) is 9.78 Å². The van der Waals surface area contributed by atoms with E-state index in [9.17, 15) is 18.0 Å². The molecule has 0 aliphatic rings. The van der Waals surface area contributed by atoms with Crippen LogP contribution in [0, 0.1) is 24.4 Å². The van der Waals surface area contributed by atoms with E-state index in [1.165, 1.54) is 4.68 Å². The third-order valence-electron chi connectivity index (χ3n) is 3.12. The van der Waals surface area contributed by atoms with E-state index in [1.807, 2.05) is 6.92 Å². The Morgan fingerprint density at radius 1 is 1.29 bits per heavy atom. The Bertz CT molecular complexity index is 713. The molecule has 0 saturated carbocycles. The minimum absolute atomic E-state index is 0.241. The van der Waals surface area contributed by atoms with E-state index in [0.29, 0.717) is 23.0 Å². The molecular formula is C14H12ClF3N2O. The van der Waals surface area contributed by atoms with Gasteiger partial charge in [-0.05, 0) is 26.0 Å². The van der Waals surface area contributed by atoms with Crippen molar-refractivity contribution >= 4 is 17.4 Å². The summed E-state index contributed by atoms with van der Waals surface area (Å²) in [5, 5.41) is 4.45. The lowest BCUT2D eigenvalue weighted by Gasteiger charge is -2.06. The first-order valence-corrected chi connectivity index (χ1v) is 6.63. The molecule has 7 heteroatoms. The Balaban J connectivity index is 2.37. The van der Waals surface area contributed by atoms with Crippen molar-refractivity contribution in [2.45, 2.75) is 26.8 Å². The molecule has 3 nitrogen and oxygen atoms in total. The molecule has 0 N–H and O–H groups in total. The summed E-state index contributed by atoms with van der Waals surface area (Å²) in [4.78, 5) is 12.1. The van der Waals surface area contributed by atoms with Crippen LogP contribution in [0.3, 0.4) is 0 Å². The topological polar surface area (TPSA) is 34.9 Å². The fourth-order valence-corrected chi connectivity index (χ4v) is 2.23. The monoisotopic (exact) mass is 316 g/mol. The van der Waals surface area contributed by atoms with Crippen molar-refractivity contribution in [1.29, 1.82) is 0 Å². The normalized spacial score (nSPS) is 11.0. The van der Waals surface area contributed by atoms with E-state index in [4.69, 9.17) is 11.6 Å². The minimum Gasteiger partial charge on any atom is -0.294 e. The highest BCUT2D eigenvalue weighted by atomic mass is 35.5. The number of ketones is 1. The largest absolute Gasteiger partial charge is 0.294 e. The van der Waals surface area contributed by atoms with Crippen molar-refractivity contribution in [3.8, 4) is 0 Å². The van der Waals surface area contributed by atoms with E-state index in [0.717, 1.165) is 12.1 Å². The van der Waals surface area contributed by atoms with E-state index >= 15 is 0 Å². The van der Waals surface area contributed by atoms with Gasteiger partial charge in [-0.15, -0.1) is 0 Å². The van der Waals surface area contributed by atoms with Crippen molar-refractivity contribution < 1.29 is 18.0 Å². The molecule has 0 atom stereocenters. The Kier molecular flexibility index (Phi) is 4.37. The fraction of sp³-hybridized carbons (Fsp3) is 0.286. The first-order chi connectivity index (χ1) is 9.86. The zero-order chi connectivity index (χ0) is 15.7. The van der Waals surface area contributed by atoms with Gasteiger partial charge in [0.15, 0.2) is 23.2 Å². The van der Waals surface area contributed by atoms with Gasteiger partial charge in [0.2, 0.25) is 0 Å². The van der Waals surface area contributed by atoms with Crippen LogP contribution in [0.1, 0.15) is 28.7 Å². The first-order valence-electron chi connectivity index (χ1n) is 6.25. The second-order valence-electron chi connectivity index (χ2n) is 4.48. The summed E-state index contributed by atoms with van der Waals surface area (Å²) in [5.41, 5.74) is 0.462. The van der Waals surface area contributed by atoms with Crippen LogP contribution in [0.5, 0.6) is 0 Å². The predicted octanol–water partition coefficient (Wildman–Crippen LogP) is 3.71. The molecule has 0 unspecified atom stereocenters. The SMILES string of the molecule is CCn1nc(C)c(Cl)c1CC(=O)c1ccc(F)c(F)c1F. The maximum atomic E-state index is 13.6. The maximum Gasteiger partial charge on any atom is 0.195 e. The molecule has 0 spiro atoms. The van der Waals surface area contributed by atoms with E-state index in [-0.39, 0.29) is 6.42 Å². The number of aromatic nitrogens is 2. The number of carbonyl (C=O) groups excluding carboxylic acids is 1. The summed E-state index contributed by atoms with van der Waals surface area (Å²) in [7, 11) is 0. The van der Waals surface area contributed by atoms with Crippen LogP contribution in [-0.2, 0) is 13.0 Å². The first kappa shape index (κ1) is 15.6. The lowest BCUT2D eigenvalue weighted by molar-refractivity contribution is 0.0985. The van der Waals surface area contributed by atoms with Crippen LogP contribution in [0.25, 0.3) is 0 Å². The van der Waals surface area contributed by atoms with Crippen LogP contribution in [-0.4, -0.2) is 15.6 Å². The number of aryl methyl sites for hydroxylation is 2. The summed E-state index contributed by atoms with van der Waals surface area (Å²) >= 11 is 6.06. The van der Waals surface area contributed by atoms with Gasteiger partial charge in [0.05, 0.1) is 28.4 Å². The van der Waals surface area contributed by atoms with Crippen LogP contribution in [0.15, 0.2) is 12.1 Å². The molecule has 21 heavy (non-hydrogen) atoms. The van der Waals surface area contributed by atoms with Crippen molar-refractivity contribution in [2.75, 3.05) is 0 Å². The number of carbonyl (C=O) groups is 1. The van der Waals surface area contributed by atoms with Crippen LogP contribution in [0.2, 0.25) is 5.02 Å². The summed E-state index contributed by atoms with van der Waals surface area (Å²) in [6, 6.07) is 1.64. The van der Waals surface area contributed by atoms with Crippen molar-refractivity contribution in [2.24, 2.45) is 0 Å². The highest BCUT2D eigenvalue weighted by molar-refractivity contribution is 6.32. The molecule has 2 rings (SSSR count). The second-order valence-corrected chi connectivity index (χ2v) is 4.86. The molecule has 1 aromatic carbocycles. The number of halogens is 4. The molecule has 0 saturated heterocycles. The lowest BCUT2D eigenvalue weighted by Crippen LogP contribution is -2.12. The second kappa shape index (κ2) is 5.89. The molecule has 112 valence electrons. The number of hydrogen-bond acceptors (Lipinski definition) is 2. The van der Waals surface area contributed by atoms with E-state index in [2.05, 4.69) is 5.10 Å². The number of nitrogens with zero attached hydrogens (tertiary/aromatic N) is 2. The van der Waals surface area contributed by atoms with Crippen LogP contribution >= 0.6 is 11.6 Å². The Morgan fingerprint density at radius 2 is 1.95 bits per heavy atom. The number of Topliss-reactive ketones (excluding diaryl/α,β-unsaturated/α-hetero) is 1. The van der Waals surface area contributed by atoms with Crippen LogP contribution < -0.4 is 0 Å². The summed E-state index contributed by atoms with van der Waals surface area (Å²) in [6.45, 7) is 3.98. The zero-order valence-electron chi connectivity index (χ0n) is 11.4. The fourth-order valence-electron chi connectivity index (χ4n) is 2.03. The molecule has 0 fully saturated rings. The summed E-state index contributed by atoms with van der Waals surface area (Å²) in [6.07, 6.45) is -0.241. The van der Waals surface area contributed by atoms with Gasteiger partial charge in [-0.1, -0.05) is 11.6 Å². The average Bonchev–Trinajstić information content (AvgIpc) is 2.72. The number of hydrogen-bond donors (Lipinski definition) is 0. The van der Waals surface area contributed by atoms with Gasteiger partial charge in [0.1, 0.15) is 0 Å². The van der Waals surface area contributed by atoms with Gasteiger partial charge in [-0.2, -0.15) is 5.10 Å². The van der Waals surface area contributed by atoms with Gasteiger partial charge < -0.3 is 0 Å². The molecule has 1 heterocycles. The molecule has 1 aromatic heterocycles. The van der Waals surface area contributed by atoms with E-state index in [1.54, 1.807) is 6.92 Å². The van der Waals surface area contributed by atoms with E-state index < -0.39 is 28.8 Å². The highest BCUT2D eigenvalue weighted by Gasteiger charge is 2.22. The van der Waals surface area contributed by atoms with Gasteiger partial charge in [-0.25, -0.2) is 13.2 Å². The molecule has 0 amide bonds. The lowest BCUT2D eigenvalue weighted by atomic mass is 10.1. The molecule has 2 aromatic rings. The third kappa shape index (κ3) is 2.81. The van der Waals surface area contributed by atoms with Crippen molar-refractivity contribution in [3.05, 3.63) is 51.6 Å². The maximum absolute atomic E-state index is 13.6. The van der Waals surface area contributed by atoms with Gasteiger partial charge in [0, 0.05) is 6.54 Å². The van der Waals surface area contributed by atoms with Gasteiger partial charge >= 0.3 is 0 Å². The van der Waals surface area contributed by atoms with Gasteiger partial charge in [-0.3, -0.25) is 9.48 Å². The molecule has 0 bridgehead atoms. The Labute approximate surface area is 124 Å². The standard InChI is InChI=1S/C14H12ClF3N2O/c1-3-20-10(12(15)7(2)19-20)6-11(21)8-4-5-9(16)14(18)13(8)17/h4-5H,3,6H2,1-2H3. The number of benzene rings is 1. The van der Waals surface area contributed by atoms with Gasteiger partial charge in [0.25, 0.3) is 0 Å². The predicted molar refractivity (Wildman–Crippen MR) is 72.0 cm³/mol. The van der Waals surface area contributed by atoms with Crippen LogP contribution in [0.4, 0.5) is 13.2 Å². The summed E-state index contributed by atoms with van der Waals surface area (Å²) in [5.74, 6) is -5.18.